The van der Waals surface area contributed by atoms with Crippen molar-refractivity contribution in [3.63, 3.8) is 0 Å². The van der Waals surface area contributed by atoms with Crippen LogP contribution in [0.3, 0.4) is 0 Å². The zero-order chi connectivity index (χ0) is 13.1. The Balaban J connectivity index is 2.35. The summed E-state index contributed by atoms with van der Waals surface area (Å²) < 4.78 is 27.0. The molecule has 0 unspecified atom stereocenters. The maximum Gasteiger partial charge on any atom is 0.281 e. The van der Waals surface area contributed by atoms with Crippen molar-refractivity contribution in [2.75, 3.05) is 0 Å². The summed E-state index contributed by atoms with van der Waals surface area (Å²) >= 11 is 11.5. The van der Waals surface area contributed by atoms with Crippen molar-refractivity contribution < 1.29 is 8.78 Å². The van der Waals surface area contributed by atoms with Crippen molar-refractivity contribution in [2.24, 2.45) is 0 Å². The van der Waals surface area contributed by atoms with E-state index in [9.17, 15) is 8.78 Å². The number of alkyl halides is 3. The Kier molecular flexibility index (Phi) is 4.14. The molecule has 7 heteroatoms. The van der Waals surface area contributed by atoms with Gasteiger partial charge < -0.3 is 0 Å². The van der Waals surface area contributed by atoms with E-state index < -0.39 is 6.43 Å². The minimum absolute atomic E-state index is 0.0950. The predicted octanol–water partition coefficient (Wildman–Crippen LogP) is 3.66. The first kappa shape index (κ1) is 13.2. The number of nitrogens with zero attached hydrogens (tertiary/aromatic N) is 3. The molecule has 3 nitrogen and oxygen atoms in total. The van der Waals surface area contributed by atoms with Crippen molar-refractivity contribution >= 4 is 23.2 Å². The van der Waals surface area contributed by atoms with Gasteiger partial charge >= 0.3 is 0 Å². The normalized spacial score (nSPS) is 11.2. The summed E-state index contributed by atoms with van der Waals surface area (Å²) in [6, 6.07) is 6.99. The second-order valence-electron chi connectivity index (χ2n) is 3.60. The van der Waals surface area contributed by atoms with Gasteiger partial charge in [0.2, 0.25) is 0 Å². The molecule has 1 aromatic carbocycles. The molecule has 0 saturated carbocycles. The van der Waals surface area contributed by atoms with Crippen LogP contribution in [0.15, 0.2) is 24.3 Å². The molecule has 0 amide bonds. The summed E-state index contributed by atoms with van der Waals surface area (Å²) in [7, 11) is 0. The molecule has 0 aliphatic heterocycles. The molecule has 0 aliphatic carbocycles. The Morgan fingerprint density at radius 1 is 1.28 bits per heavy atom. The topological polar surface area (TPSA) is 30.7 Å². The van der Waals surface area contributed by atoms with Gasteiger partial charge in [-0.3, -0.25) is 0 Å². The van der Waals surface area contributed by atoms with E-state index in [2.05, 4.69) is 10.3 Å². The quantitative estimate of drug-likeness (QED) is 0.805. The first-order valence-corrected chi connectivity index (χ1v) is 6.04. The third-order valence-electron chi connectivity index (χ3n) is 2.46. The highest BCUT2D eigenvalue weighted by atomic mass is 35.5. The third kappa shape index (κ3) is 2.62. The van der Waals surface area contributed by atoms with Crippen LogP contribution in [0.25, 0.3) is 0 Å². The lowest BCUT2D eigenvalue weighted by Gasteiger charge is -2.07. The lowest BCUT2D eigenvalue weighted by molar-refractivity contribution is 0.139. The molecule has 0 N–H and O–H groups in total. The van der Waals surface area contributed by atoms with E-state index in [-0.39, 0.29) is 23.8 Å². The maximum absolute atomic E-state index is 12.9. The lowest BCUT2D eigenvalue weighted by Crippen LogP contribution is -2.08. The predicted molar refractivity (Wildman–Crippen MR) is 65.1 cm³/mol. The van der Waals surface area contributed by atoms with Gasteiger partial charge in [0.15, 0.2) is 0 Å². The van der Waals surface area contributed by atoms with Crippen molar-refractivity contribution in [1.82, 2.24) is 15.0 Å². The summed E-state index contributed by atoms with van der Waals surface area (Å²) in [5, 5.41) is 7.83. The fourth-order valence-corrected chi connectivity index (χ4v) is 1.98. The van der Waals surface area contributed by atoms with E-state index in [1.165, 1.54) is 0 Å². The standard InChI is InChI=1S/C11H9Cl2F2N3/c12-5-9-10(11(14)15)18(17-16-9)6-7-3-1-2-4-8(7)13/h1-4,11H,5-6H2. The third-order valence-corrected chi connectivity index (χ3v) is 3.08. The van der Waals surface area contributed by atoms with Gasteiger partial charge in [-0.1, -0.05) is 35.0 Å². The van der Waals surface area contributed by atoms with Crippen LogP contribution in [0.2, 0.25) is 5.02 Å². The number of halogens is 4. The van der Waals surface area contributed by atoms with Gasteiger partial charge in [0.25, 0.3) is 6.43 Å². The molecule has 0 fully saturated rings. The molecule has 2 aromatic rings. The molecule has 0 spiro atoms. The number of hydrogen-bond donors (Lipinski definition) is 0. The Hall–Kier alpha value is -1.20. The zero-order valence-electron chi connectivity index (χ0n) is 9.15. The molecular weight excluding hydrogens is 283 g/mol. The molecule has 1 aromatic heterocycles. The summed E-state index contributed by atoms with van der Waals surface area (Å²) in [5.41, 5.74) is 0.538. The molecule has 2 rings (SSSR count). The first-order valence-electron chi connectivity index (χ1n) is 5.13. The van der Waals surface area contributed by atoms with Gasteiger partial charge in [0.05, 0.1) is 12.4 Å². The van der Waals surface area contributed by atoms with E-state index in [4.69, 9.17) is 23.2 Å². The van der Waals surface area contributed by atoms with Crippen molar-refractivity contribution in [1.29, 1.82) is 0 Å². The van der Waals surface area contributed by atoms with Crippen LogP contribution < -0.4 is 0 Å². The SMILES string of the molecule is FC(F)c1c(CCl)nnn1Cc1ccccc1Cl. The second-order valence-corrected chi connectivity index (χ2v) is 4.28. The summed E-state index contributed by atoms with van der Waals surface area (Å²) in [6.45, 7) is 0.142. The number of benzene rings is 1. The van der Waals surface area contributed by atoms with Gasteiger partial charge in [-0.05, 0) is 11.6 Å². The Morgan fingerprint density at radius 2 is 2.00 bits per heavy atom. The first-order chi connectivity index (χ1) is 8.63. The van der Waals surface area contributed by atoms with Gasteiger partial charge in [0.1, 0.15) is 11.4 Å². The smallest absolute Gasteiger partial charge is 0.239 e. The average Bonchev–Trinajstić information content (AvgIpc) is 2.75. The highest BCUT2D eigenvalue weighted by Crippen LogP contribution is 2.24. The van der Waals surface area contributed by atoms with Crippen molar-refractivity contribution in [2.45, 2.75) is 18.9 Å². The highest BCUT2D eigenvalue weighted by Gasteiger charge is 2.21. The number of rotatable bonds is 4. The van der Waals surface area contributed by atoms with Gasteiger partial charge in [-0.15, -0.1) is 16.7 Å². The van der Waals surface area contributed by atoms with Gasteiger partial charge in [-0.25, -0.2) is 13.5 Å². The number of aromatic nitrogens is 3. The second kappa shape index (κ2) is 5.63. The fourth-order valence-electron chi connectivity index (χ4n) is 1.59. The monoisotopic (exact) mass is 291 g/mol. The largest absolute Gasteiger partial charge is 0.281 e. The van der Waals surface area contributed by atoms with E-state index in [0.717, 1.165) is 4.68 Å². The molecule has 18 heavy (non-hydrogen) atoms. The van der Waals surface area contributed by atoms with E-state index >= 15 is 0 Å². The molecule has 96 valence electrons. The zero-order valence-corrected chi connectivity index (χ0v) is 10.7. The van der Waals surface area contributed by atoms with Gasteiger partial charge in [0, 0.05) is 5.02 Å². The lowest BCUT2D eigenvalue weighted by atomic mass is 10.2. The van der Waals surface area contributed by atoms with Crippen molar-refractivity contribution in [3.05, 3.63) is 46.2 Å². The Morgan fingerprint density at radius 3 is 2.61 bits per heavy atom. The van der Waals surface area contributed by atoms with E-state index in [1.54, 1.807) is 24.3 Å². The van der Waals surface area contributed by atoms with Crippen molar-refractivity contribution in [3.8, 4) is 0 Å². The highest BCUT2D eigenvalue weighted by molar-refractivity contribution is 6.31. The molecule has 0 bridgehead atoms. The van der Waals surface area contributed by atoms with Crippen LogP contribution in [0, 0.1) is 0 Å². The molecular formula is C11H9Cl2F2N3. The summed E-state index contributed by atoms with van der Waals surface area (Å²) in [6.07, 6.45) is -2.67. The maximum atomic E-state index is 12.9. The van der Waals surface area contributed by atoms with Crippen LogP contribution in [0.5, 0.6) is 0 Å². The van der Waals surface area contributed by atoms with Gasteiger partial charge in [-0.2, -0.15) is 0 Å². The van der Waals surface area contributed by atoms with Crippen LogP contribution in [-0.2, 0) is 12.4 Å². The van der Waals surface area contributed by atoms with Crippen LogP contribution in [0.4, 0.5) is 8.78 Å². The minimum Gasteiger partial charge on any atom is -0.239 e. The average molecular weight is 292 g/mol. The minimum atomic E-state index is -2.67. The van der Waals surface area contributed by atoms with E-state index in [0.29, 0.717) is 10.6 Å². The van der Waals surface area contributed by atoms with Crippen LogP contribution in [-0.4, -0.2) is 15.0 Å². The summed E-state index contributed by atoms with van der Waals surface area (Å²) in [4.78, 5) is 0. The molecule has 0 aliphatic rings. The molecule has 0 saturated heterocycles. The summed E-state index contributed by atoms with van der Waals surface area (Å²) in [5.74, 6) is -0.0950. The number of hydrogen-bond acceptors (Lipinski definition) is 2. The van der Waals surface area contributed by atoms with Crippen LogP contribution >= 0.6 is 23.2 Å². The van der Waals surface area contributed by atoms with E-state index in [1.807, 2.05) is 0 Å². The molecule has 1 heterocycles. The molecule has 0 atom stereocenters. The van der Waals surface area contributed by atoms with Crippen LogP contribution in [0.1, 0.15) is 23.4 Å². The molecule has 0 radical (unpaired) electrons. The fraction of sp³-hybridized carbons (Fsp3) is 0.273. The Labute approximate surface area is 112 Å². The Bertz CT molecular complexity index is 543.